The molecule has 1 aliphatic rings. The van der Waals surface area contributed by atoms with E-state index < -0.39 is 0 Å². The molecule has 56 heavy (non-hydrogen) atoms. The maximum absolute atomic E-state index is 2.50. The first-order chi connectivity index (χ1) is 27.7. The van der Waals surface area contributed by atoms with Crippen LogP contribution < -0.4 is 4.90 Å². The molecule has 1 heterocycles. The van der Waals surface area contributed by atoms with E-state index in [1.165, 1.54) is 82.4 Å². The summed E-state index contributed by atoms with van der Waals surface area (Å²) >= 11 is 0. The van der Waals surface area contributed by atoms with Gasteiger partial charge in [0.05, 0.1) is 5.52 Å². The molecule has 0 radical (unpaired) electrons. The summed E-state index contributed by atoms with van der Waals surface area (Å²) in [4.78, 5) is 2.39. The van der Waals surface area contributed by atoms with Gasteiger partial charge < -0.3 is 9.47 Å². The van der Waals surface area contributed by atoms with E-state index in [4.69, 9.17) is 0 Å². The third-order valence-corrected chi connectivity index (χ3v) is 11.6. The second-order valence-electron chi connectivity index (χ2n) is 14.9. The van der Waals surface area contributed by atoms with Crippen molar-refractivity contribution in [3.63, 3.8) is 0 Å². The molecule has 0 spiro atoms. The van der Waals surface area contributed by atoms with Gasteiger partial charge in [0.2, 0.25) is 0 Å². The van der Waals surface area contributed by atoms with Crippen LogP contribution >= 0.6 is 0 Å². The smallest absolute Gasteiger partial charge is 0.0544 e. The van der Waals surface area contributed by atoms with Gasteiger partial charge in [0, 0.05) is 39.4 Å². The van der Waals surface area contributed by atoms with Crippen molar-refractivity contribution in [3.8, 4) is 27.9 Å². The van der Waals surface area contributed by atoms with Crippen molar-refractivity contribution in [2.24, 2.45) is 0 Å². The van der Waals surface area contributed by atoms with Crippen LogP contribution in [0.3, 0.4) is 0 Å². The molecule has 0 aliphatic heterocycles. The minimum atomic E-state index is 1.03. The van der Waals surface area contributed by atoms with Crippen molar-refractivity contribution in [2.75, 3.05) is 4.90 Å². The fourth-order valence-electron chi connectivity index (χ4n) is 8.87. The molecule has 2 heteroatoms. The molecule has 0 bridgehead atoms. The highest BCUT2D eigenvalue weighted by Gasteiger charge is 2.20. The summed E-state index contributed by atoms with van der Waals surface area (Å²) in [6.45, 7) is 0. The zero-order valence-electron chi connectivity index (χ0n) is 30.9. The van der Waals surface area contributed by atoms with Crippen LogP contribution in [0.25, 0.3) is 77.2 Å². The normalized spacial score (nSPS) is 12.4. The molecule has 264 valence electrons. The van der Waals surface area contributed by atoms with Gasteiger partial charge in [0.1, 0.15) is 0 Å². The number of benzene rings is 9. The van der Waals surface area contributed by atoms with Crippen LogP contribution in [0.1, 0.15) is 17.7 Å². The van der Waals surface area contributed by atoms with E-state index in [0.717, 1.165) is 29.9 Å². The Labute approximate surface area is 326 Å². The van der Waals surface area contributed by atoms with Crippen molar-refractivity contribution < 1.29 is 0 Å². The highest BCUT2D eigenvalue weighted by molar-refractivity contribution is 6.09. The molecule has 1 aromatic heterocycles. The van der Waals surface area contributed by atoms with Crippen LogP contribution in [0.4, 0.5) is 17.1 Å². The summed E-state index contributed by atoms with van der Waals surface area (Å²) in [5.74, 6) is 0. The summed E-state index contributed by atoms with van der Waals surface area (Å²) in [6, 6.07) is 71.1. The molecule has 0 fully saturated rings. The van der Waals surface area contributed by atoms with Crippen molar-refractivity contribution in [1.29, 1.82) is 0 Å². The predicted molar refractivity (Wildman–Crippen MR) is 239 cm³/mol. The van der Waals surface area contributed by atoms with Crippen molar-refractivity contribution in [3.05, 3.63) is 211 Å². The van der Waals surface area contributed by atoms with Gasteiger partial charge >= 0.3 is 0 Å². The maximum Gasteiger partial charge on any atom is 0.0544 e. The molecular formula is C54H38N2. The molecule has 1 aliphatic carbocycles. The van der Waals surface area contributed by atoms with E-state index >= 15 is 0 Å². The summed E-state index contributed by atoms with van der Waals surface area (Å²) in [6.07, 6.45) is 6.74. The standard InChI is InChI=1S/C54H38N2/c1-2-12-37(13-3-1)40-17-10-19-46(32-40)55(48-30-31-50-44(34-48)25-24-39-14-6-7-21-49(39)50)45-28-26-38(27-29-45)41-18-11-20-47(33-41)56-53-23-9-8-22-51(53)52-35-42-15-4-5-16-43(42)36-54(52)56/h1-8,10-22,24-36H,9,23H2. The van der Waals surface area contributed by atoms with Crippen molar-refractivity contribution in [1.82, 2.24) is 4.57 Å². The number of rotatable bonds is 6. The lowest BCUT2D eigenvalue weighted by atomic mass is 10.00. The van der Waals surface area contributed by atoms with E-state index in [0.29, 0.717) is 0 Å². The van der Waals surface area contributed by atoms with Crippen LogP contribution in [0.5, 0.6) is 0 Å². The number of aromatic nitrogens is 1. The molecule has 9 aromatic carbocycles. The lowest BCUT2D eigenvalue weighted by molar-refractivity contribution is 0.889. The van der Waals surface area contributed by atoms with Crippen LogP contribution in [-0.4, -0.2) is 4.57 Å². The lowest BCUT2D eigenvalue weighted by Crippen LogP contribution is -2.10. The molecule has 11 rings (SSSR count). The summed E-state index contributed by atoms with van der Waals surface area (Å²) < 4.78 is 2.50. The third-order valence-electron chi connectivity index (χ3n) is 11.6. The van der Waals surface area contributed by atoms with Crippen LogP contribution in [0, 0.1) is 0 Å². The fourth-order valence-corrected chi connectivity index (χ4v) is 8.87. The van der Waals surface area contributed by atoms with Crippen LogP contribution in [-0.2, 0) is 6.42 Å². The van der Waals surface area contributed by atoms with E-state index in [1.807, 2.05) is 0 Å². The Kier molecular flexibility index (Phi) is 7.67. The summed E-state index contributed by atoms with van der Waals surface area (Å²) in [7, 11) is 0. The molecule has 0 saturated heterocycles. The van der Waals surface area contributed by atoms with E-state index in [-0.39, 0.29) is 0 Å². The van der Waals surface area contributed by atoms with Crippen LogP contribution in [0.15, 0.2) is 200 Å². The number of anilines is 3. The first-order valence-electron chi connectivity index (χ1n) is 19.6. The Morgan fingerprint density at radius 3 is 1.89 bits per heavy atom. The zero-order chi connectivity index (χ0) is 37.0. The number of hydrogen-bond donors (Lipinski definition) is 0. The minimum Gasteiger partial charge on any atom is -0.313 e. The van der Waals surface area contributed by atoms with Crippen LogP contribution in [0.2, 0.25) is 0 Å². The number of hydrogen-bond acceptors (Lipinski definition) is 1. The SMILES string of the molecule is C1=Cc2c(n(-c3cccc(-c4ccc(N(c5cccc(-c6ccccc6)c5)c5ccc6c(ccc7ccccc76)c5)cc4)c3)c3cc4ccccc4cc23)CC1. The molecule has 0 amide bonds. The topological polar surface area (TPSA) is 8.17 Å². The Morgan fingerprint density at radius 2 is 1.04 bits per heavy atom. The third kappa shape index (κ3) is 5.49. The van der Waals surface area contributed by atoms with Gasteiger partial charge in [-0.1, -0.05) is 146 Å². The first kappa shape index (κ1) is 32.3. The zero-order valence-corrected chi connectivity index (χ0v) is 30.9. The van der Waals surface area contributed by atoms with Gasteiger partial charge in [-0.2, -0.15) is 0 Å². The Morgan fingerprint density at radius 1 is 0.393 bits per heavy atom. The van der Waals surface area contributed by atoms with Gasteiger partial charge in [0.25, 0.3) is 0 Å². The van der Waals surface area contributed by atoms with Gasteiger partial charge in [0.15, 0.2) is 0 Å². The Balaban J connectivity index is 1.01. The van der Waals surface area contributed by atoms with Gasteiger partial charge in [-0.05, 0) is 128 Å². The van der Waals surface area contributed by atoms with Gasteiger partial charge in [-0.3, -0.25) is 0 Å². The molecular weight excluding hydrogens is 677 g/mol. The van der Waals surface area contributed by atoms with Gasteiger partial charge in [-0.25, -0.2) is 0 Å². The van der Waals surface area contributed by atoms with E-state index in [9.17, 15) is 0 Å². The summed E-state index contributed by atoms with van der Waals surface area (Å²) in [5, 5.41) is 8.90. The summed E-state index contributed by atoms with van der Waals surface area (Å²) in [5.41, 5.74) is 13.3. The van der Waals surface area contributed by atoms with Crippen molar-refractivity contribution >= 4 is 66.4 Å². The molecule has 10 aromatic rings. The van der Waals surface area contributed by atoms with E-state index in [1.54, 1.807) is 0 Å². The highest BCUT2D eigenvalue weighted by Crippen LogP contribution is 2.41. The molecule has 0 atom stereocenters. The van der Waals surface area contributed by atoms with Gasteiger partial charge in [-0.15, -0.1) is 0 Å². The lowest BCUT2D eigenvalue weighted by Gasteiger charge is -2.27. The predicted octanol–water partition coefficient (Wildman–Crippen LogP) is 14.9. The molecule has 0 N–H and O–H groups in total. The largest absolute Gasteiger partial charge is 0.313 e. The Bertz CT molecular complexity index is 3130. The number of nitrogens with zero attached hydrogens (tertiary/aromatic N) is 2. The Hall–Kier alpha value is -7.16. The number of allylic oxidation sites excluding steroid dienone is 1. The first-order valence-corrected chi connectivity index (χ1v) is 19.6. The molecule has 0 unspecified atom stereocenters. The monoisotopic (exact) mass is 714 g/mol. The maximum atomic E-state index is 2.50. The molecule has 2 nitrogen and oxygen atoms in total. The average Bonchev–Trinajstić information content (AvgIpc) is 3.59. The highest BCUT2D eigenvalue weighted by atomic mass is 15.1. The fraction of sp³-hybridized carbons (Fsp3) is 0.0370. The van der Waals surface area contributed by atoms with E-state index in [2.05, 4.69) is 216 Å². The second-order valence-corrected chi connectivity index (χ2v) is 14.9. The average molecular weight is 715 g/mol. The van der Waals surface area contributed by atoms with Crippen molar-refractivity contribution in [2.45, 2.75) is 12.8 Å². The quantitative estimate of drug-likeness (QED) is 0.156. The number of fused-ring (bicyclic) bond motifs is 7. The molecule has 0 saturated carbocycles. The second kappa shape index (κ2) is 13.3. The minimum absolute atomic E-state index is 1.03.